The zero-order chi connectivity index (χ0) is 15.4. The van der Waals surface area contributed by atoms with Gasteiger partial charge in [0.25, 0.3) is 5.91 Å². The maximum absolute atomic E-state index is 13.0. The van der Waals surface area contributed by atoms with E-state index in [2.05, 4.69) is 6.58 Å². The van der Waals surface area contributed by atoms with E-state index in [0.29, 0.717) is 0 Å². The number of hydrogen-bond acceptors (Lipinski definition) is 2. The van der Waals surface area contributed by atoms with Crippen molar-refractivity contribution in [3.63, 3.8) is 0 Å². The Bertz CT molecular complexity index is 482. The summed E-state index contributed by atoms with van der Waals surface area (Å²) in [5, 5.41) is 0. The number of nitrogens with zero attached hydrogens (tertiary/aromatic N) is 2. The lowest BCUT2D eigenvalue weighted by molar-refractivity contribution is 0.0644. The highest BCUT2D eigenvalue weighted by atomic mass is 16.2. The molecule has 20 heavy (non-hydrogen) atoms. The fraction of sp³-hybridized carbons (Fsp3) is 0.471. The number of carbonyl (C=O) groups excluding carboxylic acids is 1. The van der Waals surface area contributed by atoms with E-state index < -0.39 is 0 Å². The number of rotatable bonds is 5. The fourth-order valence-corrected chi connectivity index (χ4v) is 2.53. The van der Waals surface area contributed by atoms with Crippen LogP contribution in [0.25, 0.3) is 6.08 Å². The van der Waals surface area contributed by atoms with E-state index in [4.69, 9.17) is 0 Å². The lowest BCUT2D eigenvalue weighted by Gasteiger charge is -2.32. The van der Waals surface area contributed by atoms with E-state index >= 15 is 0 Å². The van der Waals surface area contributed by atoms with E-state index in [-0.39, 0.29) is 18.0 Å². The lowest BCUT2D eigenvalue weighted by atomic mass is 10.0. The Balaban J connectivity index is 3.43. The van der Waals surface area contributed by atoms with Crippen LogP contribution in [0.15, 0.2) is 24.8 Å². The molecule has 0 atom stereocenters. The van der Waals surface area contributed by atoms with Gasteiger partial charge in [0.1, 0.15) is 0 Å². The van der Waals surface area contributed by atoms with Crippen molar-refractivity contribution in [2.45, 2.75) is 39.8 Å². The summed E-state index contributed by atoms with van der Waals surface area (Å²) in [5.41, 5.74) is 2.54. The highest BCUT2D eigenvalue weighted by Gasteiger charge is 2.25. The van der Waals surface area contributed by atoms with E-state index in [9.17, 15) is 4.79 Å². The van der Waals surface area contributed by atoms with Crippen molar-refractivity contribution in [2.75, 3.05) is 19.0 Å². The molecule has 0 aliphatic carbocycles. The third-order valence-corrected chi connectivity index (χ3v) is 3.34. The molecule has 1 amide bonds. The Morgan fingerprint density at radius 3 is 2.10 bits per heavy atom. The zero-order valence-electron chi connectivity index (χ0n) is 13.5. The molecule has 0 bridgehead atoms. The molecule has 0 radical (unpaired) electrons. The molecule has 1 rings (SSSR count). The predicted molar refractivity (Wildman–Crippen MR) is 87.3 cm³/mol. The molecular formula is C17H26N2O. The van der Waals surface area contributed by atoms with Crippen LogP contribution in [0, 0.1) is 0 Å². The number of hydrogen-bond donors (Lipinski definition) is 0. The molecule has 0 heterocycles. The molecule has 0 saturated carbocycles. The summed E-state index contributed by atoms with van der Waals surface area (Å²) in [7, 11) is 3.90. The quantitative estimate of drug-likeness (QED) is 0.818. The highest BCUT2D eigenvalue weighted by Crippen LogP contribution is 2.26. The van der Waals surface area contributed by atoms with Crippen LogP contribution in [0.4, 0.5) is 5.69 Å². The average molecular weight is 274 g/mol. The monoisotopic (exact) mass is 274 g/mol. The number of anilines is 1. The average Bonchev–Trinajstić information content (AvgIpc) is 2.36. The van der Waals surface area contributed by atoms with Gasteiger partial charge in [0.05, 0.1) is 5.56 Å². The minimum Gasteiger partial charge on any atom is -0.377 e. The third-order valence-electron chi connectivity index (χ3n) is 3.34. The number of benzene rings is 1. The Hall–Kier alpha value is -1.77. The van der Waals surface area contributed by atoms with Gasteiger partial charge < -0.3 is 9.80 Å². The molecule has 0 aliphatic heterocycles. The smallest absolute Gasteiger partial charge is 0.257 e. The second-order valence-corrected chi connectivity index (χ2v) is 5.74. The summed E-state index contributed by atoms with van der Waals surface area (Å²) >= 11 is 0. The van der Waals surface area contributed by atoms with E-state index in [1.165, 1.54) is 0 Å². The molecule has 0 N–H and O–H groups in total. The third kappa shape index (κ3) is 3.21. The second-order valence-electron chi connectivity index (χ2n) is 5.74. The summed E-state index contributed by atoms with van der Waals surface area (Å²) in [4.78, 5) is 16.9. The van der Waals surface area contributed by atoms with E-state index in [1.807, 2.05) is 69.8 Å². The van der Waals surface area contributed by atoms with Gasteiger partial charge in [-0.05, 0) is 39.3 Å². The van der Waals surface area contributed by atoms with Gasteiger partial charge in [-0.1, -0.05) is 24.8 Å². The number of carbonyl (C=O) groups is 1. The van der Waals surface area contributed by atoms with Crippen LogP contribution in [0.5, 0.6) is 0 Å². The van der Waals surface area contributed by atoms with Gasteiger partial charge in [0, 0.05) is 31.9 Å². The van der Waals surface area contributed by atoms with Gasteiger partial charge in [-0.15, -0.1) is 0 Å². The van der Waals surface area contributed by atoms with Crippen LogP contribution in [-0.2, 0) is 0 Å². The normalized spacial score (nSPS) is 10.8. The van der Waals surface area contributed by atoms with Crippen LogP contribution in [0.1, 0.15) is 43.6 Å². The second kappa shape index (κ2) is 6.60. The van der Waals surface area contributed by atoms with Crippen LogP contribution in [0.3, 0.4) is 0 Å². The van der Waals surface area contributed by atoms with Crippen molar-refractivity contribution in [3.8, 4) is 0 Å². The largest absolute Gasteiger partial charge is 0.377 e. The Morgan fingerprint density at radius 2 is 1.70 bits per heavy atom. The Morgan fingerprint density at radius 1 is 1.15 bits per heavy atom. The van der Waals surface area contributed by atoms with Crippen LogP contribution < -0.4 is 4.90 Å². The molecule has 0 unspecified atom stereocenters. The molecule has 110 valence electrons. The molecule has 0 aliphatic rings. The molecule has 0 spiro atoms. The zero-order valence-corrected chi connectivity index (χ0v) is 13.5. The fourth-order valence-electron chi connectivity index (χ4n) is 2.53. The first-order valence-electron chi connectivity index (χ1n) is 7.06. The standard InChI is InChI=1S/C17H26N2O/c1-8-14-10-9-11-15(18(6)7)16(14)17(20)19(12(2)3)13(4)5/h8-13H,1H2,2-7H3. The predicted octanol–water partition coefficient (Wildman–Crippen LogP) is 3.65. The van der Waals surface area contributed by atoms with Crippen molar-refractivity contribution in [1.29, 1.82) is 0 Å². The van der Waals surface area contributed by atoms with Gasteiger partial charge in [-0.2, -0.15) is 0 Å². The van der Waals surface area contributed by atoms with Gasteiger partial charge in [-0.25, -0.2) is 0 Å². The van der Waals surface area contributed by atoms with Gasteiger partial charge >= 0.3 is 0 Å². The molecule has 0 aromatic heterocycles. The van der Waals surface area contributed by atoms with Gasteiger partial charge in [0.15, 0.2) is 0 Å². The Labute approximate surface area is 122 Å². The minimum atomic E-state index is 0.0641. The summed E-state index contributed by atoms with van der Waals surface area (Å²) < 4.78 is 0. The van der Waals surface area contributed by atoms with Crippen molar-refractivity contribution in [3.05, 3.63) is 35.9 Å². The summed E-state index contributed by atoms with van der Waals surface area (Å²) in [5.74, 6) is 0.0641. The van der Waals surface area contributed by atoms with Crippen LogP contribution >= 0.6 is 0 Å². The maximum atomic E-state index is 13.0. The van der Waals surface area contributed by atoms with Crippen molar-refractivity contribution in [2.24, 2.45) is 0 Å². The minimum absolute atomic E-state index is 0.0641. The molecule has 0 saturated heterocycles. The van der Waals surface area contributed by atoms with Crippen molar-refractivity contribution >= 4 is 17.7 Å². The first-order chi connectivity index (χ1) is 9.31. The summed E-state index contributed by atoms with van der Waals surface area (Å²) in [6.45, 7) is 12.0. The molecular weight excluding hydrogens is 248 g/mol. The Kier molecular flexibility index (Phi) is 5.37. The molecule has 3 heteroatoms. The van der Waals surface area contributed by atoms with E-state index in [1.54, 1.807) is 6.08 Å². The highest BCUT2D eigenvalue weighted by molar-refractivity contribution is 6.03. The van der Waals surface area contributed by atoms with Crippen LogP contribution in [-0.4, -0.2) is 37.0 Å². The molecule has 3 nitrogen and oxygen atoms in total. The first kappa shape index (κ1) is 16.3. The first-order valence-corrected chi connectivity index (χ1v) is 7.06. The molecule has 0 fully saturated rings. The number of amides is 1. The van der Waals surface area contributed by atoms with E-state index in [0.717, 1.165) is 16.8 Å². The van der Waals surface area contributed by atoms with Gasteiger partial charge in [0.2, 0.25) is 0 Å². The van der Waals surface area contributed by atoms with Gasteiger partial charge in [-0.3, -0.25) is 4.79 Å². The maximum Gasteiger partial charge on any atom is 0.257 e. The SMILES string of the molecule is C=Cc1cccc(N(C)C)c1C(=O)N(C(C)C)C(C)C. The van der Waals surface area contributed by atoms with Crippen molar-refractivity contribution < 1.29 is 4.79 Å². The molecule has 1 aromatic carbocycles. The lowest BCUT2D eigenvalue weighted by Crippen LogP contribution is -2.42. The van der Waals surface area contributed by atoms with Crippen LogP contribution in [0.2, 0.25) is 0 Å². The van der Waals surface area contributed by atoms with Crippen molar-refractivity contribution in [1.82, 2.24) is 4.90 Å². The topological polar surface area (TPSA) is 23.6 Å². The summed E-state index contributed by atoms with van der Waals surface area (Å²) in [6.07, 6.45) is 1.75. The molecule has 1 aromatic rings. The summed E-state index contributed by atoms with van der Waals surface area (Å²) in [6, 6.07) is 6.19.